The Morgan fingerprint density at radius 3 is 0.0833 bits per heavy atom. The van der Waals surface area contributed by atoms with E-state index in [2.05, 4.69) is 0 Å². The fraction of sp³-hybridized carbons (Fsp3) is 0. The van der Waals surface area contributed by atoms with Gasteiger partial charge in [0.25, 0.3) is 0 Å². The molecule has 0 atom stereocenters. The van der Waals surface area contributed by atoms with Crippen LogP contribution in [0.15, 0.2) is 0 Å². The maximum atomic E-state index is 0. The van der Waals surface area contributed by atoms with E-state index in [1.165, 1.54) is 0 Å². The van der Waals surface area contributed by atoms with Gasteiger partial charge in [0.2, 0.25) is 0 Å². The van der Waals surface area contributed by atoms with Gasteiger partial charge in [-0.3, -0.25) is 0 Å². The molecule has 36 heteroatoms. The summed E-state index contributed by atoms with van der Waals surface area (Å²) in [5, 5.41) is 0. The molecule has 0 saturated carbocycles. The minimum Gasteiger partial charge on any atom is -1.00 e. The molecule has 4 N–H and O–H groups in total. The maximum Gasteiger partial charge on any atom is 1.00 e. The fourth-order valence-electron chi connectivity index (χ4n) is 0. The SMILES string of the molecule is O.O.[H-].[H-].[H-].[H-].[H-].[H-].[H-].[H-].[H-].[H-].[H-].[H-].[H-].[H-].[H-].[H-].[H-].[H-].[H-].[H-].[H-].[H-].[H-].[H-].[H-].[H-].[H-].[H-].[H-].[H-].[H-].[H-].[H-].[H-].[Na+].[Na+].[Na+].[Na+].[Na+].[Na+].[Na+].[Na+].[Na+].[Na+].[Na+].[Na+].[Na+].[Na+].[Na+].[Na+].[Na+].[Na+].[Na+].[Na+].[Na+].[Na+].[Na+].[Na+].[Na+].[Na+].[Na+].[Na+].[Na+].[Na+].[Na+].[Na+].[Na+].[Na+]. The molecule has 84 valence electrons. The van der Waals surface area contributed by atoms with E-state index < -0.39 is 0 Å². The van der Waals surface area contributed by atoms with Crippen molar-refractivity contribution >= 4 is 0 Å². The van der Waals surface area contributed by atoms with Crippen molar-refractivity contribution in [2.45, 2.75) is 0 Å². The van der Waals surface area contributed by atoms with Crippen LogP contribution in [0.4, 0.5) is 0 Å². The molecule has 0 amide bonds. The van der Waals surface area contributed by atoms with Crippen LogP contribution < -0.4 is 1000 Å². The normalized spacial score (nSPS) is 0. The monoisotopic (exact) mass is 852 g/mol. The van der Waals surface area contributed by atoms with Crippen molar-refractivity contribution in [3.63, 3.8) is 0 Å². The van der Waals surface area contributed by atoms with Crippen LogP contribution in [0.2, 0.25) is 0 Å². The molecular formula is H38Na34O2. The van der Waals surface area contributed by atoms with E-state index in [1.807, 2.05) is 0 Å². The van der Waals surface area contributed by atoms with Crippen molar-refractivity contribution in [3.05, 3.63) is 0 Å². The topological polar surface area (TPSA) is 63.0 Å². The molecule has 0 aromatic rings. The van der Waals surface area contributed by atoms with Gasteiger partial charge >= 0.3 is 1000 Å². The van der Waals surface area contributed by atoms with Crippen molar-refractivity contribution < 1.29 is 1060 Å². The minimum atomic E-state index is 0. The Bertz CT molecular complexity index is 81.1. The van der Waals surface area contributed by atoms with Crippen LogP contribution in [0.3, 0.4) is 0 Å². The molecule has 0 aliphatic carbocycles. The molecular weight excluding hydrogens is 814 g/mol. The molecule has 36 heavy (non-hydrogen) atoms. The summed E-state index contributed by atoms with van der Waals surface area (Å²) in [6.07, 6.45) is 0. The van der Waals surface area contributed by atoms with Crippen LogP contribution in [0.1, 0.15) is 48.5 Å². The predicted molar refractivity (Wildman–Crippen MR) is 45.0 cm³/mol. The zero-order chi connectivity index (χ0) is 0. The van der Waals surface area contributed by atoms with E-state index in [0.717, 1.165) is 0 Å². The van der Waals surface area contributed by atoms with Crippen molar-refractivity contribution in [2.24, 2.45) is 0 Å². The summed E-state index contributed by atoms with van der Waals surface area (Å²) in [6.45, 7) is 0. The molecule has 0 saturated heterocycles. The Labute approximate surface area is 1030 Å². The fourth-order valence-corrected chi connectivity index (χ4v) is 0. The Morgan fingerprint density at radius 1 is 0.0833 bits per heavy atom. The summed E-state index contributed by atoms with van der Waals surface area (Å²) < 4.78 is 0. The van der Waals surface area contributed by atoms with E-state index in [-0.39, 0.29) is 1060 Å². The summed E-state index contributed by atoms with van der Waals surface area (Å²) in [4.78, 5) is 0. The molecule has 0 aliphatic rings. The summed E-state index contributed by atoms with van der Waals surface area (Å²) in [5.41, 5.74) is 0. The van der Waals surface area contributed by atoms with E-state index in [9.17, 15) is 0 Å². The van der Waals surface area contributed by atoms with Crippen molar-refractivity contribution in [1.82, 2.24) is 0 Å². The van der Waals surface area contributed by atoms with Gasteiger partial charge in [-0.05, 0) is 0 Å². The molecule has 0 radical (unpaired) electrons. The number of hydrogen-bond donors (Lipinski definition) is 0. The predicted octanol–water partition coefficient (Wildman–Crippen LogP) is -99.7. The number of hydrogen-bond acceptors (Lipinski definition) is 0. The Hall–Kier alpha value is 33.9. The Morgan fingerprint density at radius 2 is 0.0833 bits per heavy atom. The molecule has 2 nitrogen and oxygen atoms in total. The summed E-state index contributed by atoms with van der Waals surface area (Å²) in [7, 11) is 0. The van der Waals surface area contributed by atoms with Gasteiger partial charge in [0.05, 0.1) is 0 Å². The van der Waals surface area contributed by atoms with Crippen LogP contribution in [0.5, 0.6) is 0 Å². The van der Waals surface area contributed by atoms with Crippen LogP contribution in [0, 0.1) is 0 Å². The maximum absolute atomic E-state index is 0. The van der Waals surface area contributed by atoms with Gasteiger partial charge in [0, 0.05) is 0 Å². The largest absolute Gasteiger partial charge is 1.00 e. The van der Waals surface area contributed by atoms with Crippen LogP contribution >= 0.6 is 0 Å². The second-order valence-corrected chi connectivity index (χ2v) is 0. The molecule has 0 rings (SSSR count). The summed E-state index contributed by atoms with van der Waals surface area (Å²) in [6, 6.07) is 0. The Balaban J connectivity index is 0. The molecule has 0 aromatic carbocycles. The zero-order valence-corrected chi connectivity index (χ0v) is 103. The Kier molecular flexibility index (Phi) is 2220. The van der Waals surface area contributed by atoms with Crippen molar-refractivity contribution in [3.8, 4) is 0 Å². The second-order valence-electron chi connectivity index (χ2n) is 0. The van der Waals surface area contributed by atoms with E-state index in [0.29, 0.717) is 0 Å². The molecule has 0 fully saturated rings. The van der Waals surface area contributed by atoms with Gasteiger partial charge < -0.3 is 59.5 Å². The first-order chi connectivity index (χ1) is 0. The standard InChI is InChI=1S/34Na.2H2O.34H/h;;;;;;;;;;;;;;;;;;;;;;;;;;;;;;;;;;2*1H2;;;;;;;;;;;;;;;;;;;;;;;;;;;;;;;;;;/q34*+1;;;34*-1. The first kappa shape index (κ1) is 289. The van der Waals surface area contributed by atoms with Crippen LogP contribution in [0.25, 0.3) is 0 Å². The first-order valence-electron chi connectivity index (χ1n) is 0. The van der Waals surface area contributed by atoms with Crippen LogP contribution in [-0.4, -0.2) is 11.0 Å². The average Bonchev–Trinajstić information content (AvgIpc) is 0. The molecule has 0 heterocycles. The smallest absolute Gasteiger partial charge is 1.00 e. The van der Waals surface area contributed by atoms with Crippen molar-refractivity contribution in [2.75, 3.05) is 0 Å². The van der Waals surface area contributed by atoms with E-state index >= 15 is 0 Å². The first-order valence-corrected chi connectivity index (χ1v) is 0. The average molecular weight is 852 g/mol. The van der Waals surface area contributed by atoms with Gasteiger partial charge in [0.15, 0.2) is 0 Å². The number of rotatable bonds is 0. The van der Waals surface area contributed by atoms with Crippen molar-refractivity contribution in [1.29, 1.82) is 0 Å². The summed E-state index contributed by atoms with van der Waals surface area (Å²) >= 11 is 0. The third kappa shape index (κ3) is 264. The second kappa shape index (κ2) is 276. The molecule has 0 aliphatic heterocycles. The third-order valence-corrected chi connectivity index (χ3v) is 0. The zero-order valence-electron chi connectivity index (χ0n) is 69.0. The van der Waals surface area contributed by atoms with Crippen LogP contribution in [-0.2, 0) is 0 Å². The van der Waals surface area contributed by atoms with Gasteiger partial charge in [-0.25, -0.2) is 0 Å². The molecule has 0 spiro atoms. The van der Waals surface area contributed by atoms with Gasteiger partial charge in [0.1, 0.15) is 0 Å². The third-order valence-electron chi connectivity index (χ3n) is 0. The van der Waals surface area contributed by atoms with Gasteiger partial charge in [-0.2, -0.15) is 0 Å². The summed E-state index contributed by atoms with van der Waals surface area (Å²) in [5.74, 6) is 0. The van der Waals surface area contributed by atoms with Gasteiger partial charge in [-0.1, -0.05) is 0 Å². The van der Waals surface area contributed by atoms with E-state index in [1.54, 1.807) is 0 Å². The van der Waals surface area contributed by atoms with Gasteiger partial charge in [-0.15, -0.1) is 0 Å². The van der Waals surface area contributed by atoms with E-state index in [4.69, 9.17) is 0 Å². The quantitative estimate of drug-likeness (QED) is 0.218. The molecule has 0 aromatic heterocycles. The minimum absolute atomic E-state index is 0. The molecule has 0 bridgehead atoms. The molecule has 0 unspecified atom stereocenters.